The van der Waals surface area contributed by atoms with E-state index in [0.29, 0.717) is 6.42 Å². The van der Waals surface area contributed by atoms with E-state index in [4.69, 9.17) is 11.6 Å². The number of aryl methyl sites for hydroxylation is 3. The molecule has 2 rings (SSSR count). The van der Waals surface area contributed by atoms with Crippen molar-refractivity contribution >= 4 is 17.5 Å². The second kappa shape index (κ2) is 8.64. The largest absolute Gasteiger partial charge is 0.436 e. The van der Waals surface area contributed by atoms with E-state index in [-0.39, 0.29) is 37.4 Å². The average Bonchev–Trinajstić information content (AvgIpc) is 3.11. The van der Waals surface area contributed by atoms with Crippen LogP contribution < -0.4 is 5.32 Å². The van der Waals surface area contributed by atoms with Gasteiger partial charge in [0.25, 0.3) is 0 Å². The maximum atomic E-state index is 12.8. The standard InChI is InChI=1S/C16H18ClF6N5O/c1-9-8-11(15(18,19)20)25-27(9)7-4-12(29)24-5-3-6-28-10(2)13(17)14(26-28)16(21,22)23/h8H,3-7H2,1-2H3,(H,24,29). The number of nitrogens with one attached hydrogen (secondary N) is 1. The maximum Gasteiger partial charge on any atom is 0.436 e. The molecule has 2 aromatic heterocycles. The van der Waals surface area contributed by atoms with Crippen molar-refractivity contribution in [3.63, 3.8) is 0 Å². The molecule has 0 saturated heterocycles. The van der Waals surface area contributed by atoms with Crippen LogP contribution in [0.15, 0.2) is 6.07 Å². The fourth-order valence-corrected chi connectivity index (χ4v) is 2.79. The molecular weight excluding hydrogens is 428 g/mol. The lowest BCUT2D eigenvalue weighted by Gasteiger charge is -2.08. The third kappa shape index (κ3) is 5.87. The summed E-state index contributed by atoms with van der Waals surface area (Å²) in [7, 11) is 0. The zero-order chi connectivity index (χ0) is 22.0. The summed E-state index contributed by atoms with van der Waals surface area (Å²) in [6.45, 7) is 3.09. The molecule has 162 valence electrons. The van der Waals surface area contributed by atoms with Gasteiger partial charge in [0, 0.05) is 31.7 Å². The molecule has 0 spiro atoms. The molecule has 13 heteroatoms. The summed E-state index contributed by atoms with van der Waals surface area (Å²) in [5.41, 5.74) is -1.74. The summed E-state index contributed by atoms with van der Waals surface area (Å²) in [6.07, 6.45) is -9.01. The van der Waals surface area contributed by atoms with Crippen LogP contribution >= 0.6 is 11.6 Å². The Hall–Kier alpha value is -2.24. The Morgan fingerprint density at radius 2 is 1.72 bits per heavy atom. The first-order valence-corrected chi connectivity index (χ1v) is 8.87. The van der Waals surface area contributed by atoms with Gasteiger partial charge in [-0.25, -0.2) is 0 Å². The first-order chi connectivity index (χ1) is 13.3. The summed E-state index contributed by atoms with van der Waals surface area (Å²) in [6, 6.07) is 0.894. The molecule has 1 amide bonds. The lowest BCUT2D eigenvalue weighted by atomic mass is 10.3. The lowest BCUT2D eigenvalue weighted by Crippen LogP contribution is -2.26. The van der Waals surface area contributed by atoms with Gasteiger partial charge in [0.05, 0.1) is 10.7 Å². The van der Waals surface area contributed by atoms with E-state index in [0.717, 1.165) is 15.4 Å². The molecule has 0 radical (unpaired) electrons. The van der Waals surface area contributed by atoms with Gasteiger partial charge in [0.15, 0.2) is 11.4 Å². The van der Waals surface area contributed by atoms with Gasteiger partial charge in [-0.2, -0.15) is 36.5 Å². The van der Waals surface area contributed by atoms with Crippen LogP contribution in [0.1, 0.15) is 35.6 Å². The Labute approximate surface area is 166 Å². The van der Waals surface area contributed by atoms with E-state index in [1.54, 1.807) is 0 Å². The topological polar surface area (TPSA) is 64.7 Å². The van der Waals surface area contributed by atoms with Crippen LogP contribution in [0.25, 0.3) is 0 Å². The lowest BCUT2D eigenvalue weighted by molar-refractivity contribution is -0.142. The molecule has 0 aromatic carbocycles. The molecule has 1 N–H and O–H groups in total. The molecule has 0 unspecified atom stereocenters. The van der Waals surface area contributed by atoms with Crippen molar-refractivity contribution in [2.75, 3.05) is 6.54 Å². The highest BCUT2D eigenvalue weighted by Gasteiger charge is 2.38. The second-order valence-electron chi connectivity index (χ2n) is 6.31. The molecule has 0 aliphatic rings. The highest BCUT2D eigenvalue weighted by molar-refractivity contribution is 6.31. The van der Waals surface area contributed by atoms with Gasteiger partial charge in [-0.15, -0.1) is 0 Å². The van der Waals surface area contributed by atoms with Gasteiger partial charge < -0.3 is 5.32 Å². The minimum atomic E-state index is -4.65. The molecule has 2 aromatic rings. The fraction of sp³-hybridized carbons (Fsp3) is 0.562. The van der Waals surface area contributed by atoms with Crippen LogP contribution in [0.2, 0.25) is 5.02 Å². The van der Waals surface area contributed by atoms with E-state index in [1.165, 1.54) is 13.8 Å². The van der Waals surface area contributed by atoms with Crippen LogP contribution in [0.4, 0.5) is 26.3 Å². The van der Waals surface area contributed by atoms with Gasteiger partial charge in [-0.3, -0.25) is 14.2 Å². The van der Waals surface area contributed by atoms with Crippen molar-refractivity contribution < 1.29 is 31.1 Å². The summed E-state index contributed by atoms with van der Waals surface area (Å²) in [4.78, 5) is 11.8. The van der Waals surface area contributed by atoms with Gasteiger partial charge in [0.2, 0.25) is 5.91 Å². The first-order valence-electron chi connectivity index (χ1n) is 8.49. The molecular formula is C16H18ClF6N5O. The SMILES string of the molecule is Cc1cc(C(F)(F)F)nn1CCC(=O)NCCCn1nc(C(F)(F)F)c(Cl)c1C. The number of carbonyl (C=O) groups is 1. The van der Waals surface area contributed by atoms with Crippen molar-refractivity contribution in [1.82, 2.24) is 24.9 Å². The molecule has 29 heavy (non-hydrogen) atoms. The summed E-state index contributed by atoms with van der Waals surface area (Å²) in [5, 5.41) is 8.96. The van der Waals surface area contributed by atoms with E-state index in [9.17, 15) is 31.1 Å². The third-order valence-corrected chi connectivity index (χ3v) is 4.55. The minimum Gasteiger partial charge on any atom is -0.356 e. The monoisotopic (exact) mass is 445 g/mol. The molecule has 0 atom stereocenters. The summed E-state index contributed by atoms with van der Waals surface area (Å²) >= 11 is 5.65. The zero-order valence-electron chi connectivity index (χ0n) is 15.5. The van der Waals surface area contributed by atoms with Gasteiger partial charge in [-0.1, -0.05) is 11.6 Å². The molecule has 6 nitrogen and oxygen atoms in total. The highest BCUT2D eigenvalue weighted by Crippen LogP contribution is 2.35. The molecule has 0 bridgehead atoms. The predicted octanol–water partition coefficient (Wildman–Crippen LogP) is 3.98. The van der Waals surface area contributed by atoms with Crippen LogP contribution in [-0.2, 0) is 30.2 Å². The number of hydrogen-bond acceptors (Lipinski definition) is 3. The average molecular weight is 446 g/mol. The summed E-state index contributed by atoms with van der Waals surface area (Å²) < 4.78 is 78.4. The molecule has 2 heterocycles. The van der Waals surface area contributed by atoms with Crippen molar-refractivity contribution in [1.29, 1.82) is 0 Å². The Kier molecular flexibility index (Phi) is 6.86. The molecule has 0 fully saturated rings. The normalized spacial score (nSPS) is 12.4. The smallest absolute Gasteiger partial charge is 0.356 e. The van der Waals surface area contributed by atoms with Crippen LogP contribution in [0.3, 0.4) is 0 Å². The Balaban J connectivity index is 1.79. The fourth-order valence-electron chi connectivity index (χ4n) is 2.55. The number of nitrogens with zero attached hydrogens (tertiary/aromatic N) is 4. The molecule has 0 saturated carbocycles. The van der Waals surface area contributed by atoms with Gasteiger partial charge in [0.1, 0.15) is 0 Å². The Bertz CT molecular complexity index is 871. The van der Waals surface area contributed by atoms with Gasteiger partial charge in [-0.05, 0) is 26.3 Å². The van der Waals surface area contributed by atoms with Gasteiger partial charge >= 0.3 is 12.4 Å². The maximum absolute atomic E-state index is 12.8. The number of amides is 1. The molecule has 0 aliphatic carbocycles. The molecule has 0 aliphatic heterocycles. The predicted molar refractivity (Wildman–Crippen MR) is 91.2 cm³/mol. The number of rotatable bonds is 7. The van der Waals surface area contributed by atoms with E-state index in [2.05, 4.69) is 15.5 Å². The Morgan fingerprint density at radius 1 is 1.07 bits per heavy atom. The number of halogens is 7. The van der Waals surface area contributed by atoms with Crippen molar-refractivity contribution in [2.24, 2.45) is 0 Å². The summed E-state index contributed by atoms with van der Waals surface area (Å²) in [5.74, 6) is -0.417. The number of alkyl halides is 6. The van der Waals surface area contributed by atoms with Crippen molar-refractivity contribution in [3.05, 3.63) is 33.9 Å². The number of aromatic nitrogens is 4. The van der Waals surface area contributed by atoms with E-state index >= 15 is 0 Å². The van der Waals surface area contributed by atoms with Crippen LogP contribution in [0.5, 0.6) is 0 Å². The quantitative estimate of drug-likeness (QED) is 0.518. The van der Waals surface area contributed by atoms with E-state index in [1.807, 2.05) is 0 Å². The number of hydrogen-bond donors (Lipinski definition) is 1. The third-order valence-electron chi connectivity index (χ3n) is 4.09. The Morgan fingerprint density at radius 3 is 2.24 bits per heavy atom. The first kappa shape index (κ1) is 23.0. The van der Waals surface area contributed by atoms with Crippen LogP contribution in [0, 0.1) is 13.8 Å². The van der Waals surface area contributed by atoms with Crippen molar-refractivity contribution in [3.8, 4) is 0 Å². The van der Waals surface area contributed by atoms with E-state index < -0.39 is 34.7 Å². The van der Waals surface area contributed by atoms with Crippen LogP contribution in [-0.4, -0.2) is 32.0 Å². The highest BCUT2D eigenvalue weighted by atomic mass is 35.5. The second-order valence-corrected chi connectivity index (χ2v) is 6.69. The zero-order valence-corrected chi connectivity index (χ0v) is 16.2. The number of carbonyl (C=O) groups excluding carboxylic acids is 1. The van der Waals surface area contributed by atoms with Crippen molar-refractivity contribution in [2.45, 2.75) is 52.1 Å². The minimum absolute atomic E-state index is 0.0312.